The van der Waals surface area contributed by atoms with E-state index in [1.54, 1.807) is 0 Å². The molecule has 1 aromatic carbocycles. The Kier molecular flexibility index (Phi) is 9.47. The van der Waals surface area contributed by atoms with Gasteiger partial charge in [-0.1, -0.05) is 35.4 Å². The summed E-state index contributed by atoms with van der Waals surface area (Å²) >= 11 is 0. The molecule has 0 fully saturated rings. The molecule has 0 aromatic heterocycles. The standard InChI is InChI=1S/C8H10.CH3NO.BrH/c1-7-3-5-8(2)6-4-7;2-1-3;/h3-6H,1-2H3;1H,(H2,2,3);1H. The average Bonchev–Trinajstić information content (AvgIpc) is 1.97. The summed E-state index contributed by atoms with van der Waals surface area (Å²) in [5, 5.41) is 0. The number of nitrogens with two attached hydrogens (primary N) is 1. The van der Waals surface area contributed by atoms with Gasteiger partial charge in [0, 0.05) is 0 Å². The summed E-state index contributed by atoms with van der Waals surface area (Å²) in [6.45, 7) is 4.19. The van der Waals surface area contributed by atoms with Gasteiger partial charge in [-0.2, -0.15) is 0 Å². The zero-order chi connectivity index (χ0) is 8.69. The van der Waals surface area contributed by atoms with E-state index >= 15 is 0 Å². The van der Waals surface area contributed by atoms with Crippen molar-refractivity contribution in [3.8, 4) is 0 Å². The molecule has 68 valence electrons. The molecule has 0 atom stereocenters. The second-order valence-electron chi connectivity index (χ2n) is 2.29. The van der Waals surface area contributed by atoms with Crippen LogP contribution >= 0.6 is 17.0 Å². The van der Waals surface area contributed by atoms with Crippen LogP contribution in [0.5, 0.6) is 0 Å². The SMILES string of the molecule is Br.Cc1ccc(C)cc1.NC=O. The van der Waals surface area contributed by atoms with E-state index in [9.17, 15) is 0 Å². The van der Waals surface area contributed by atoms with Gasteiger partial charge in [0.1, 0.15) is 0 Å². The van der Waals surface area contributed by atoms with Crippen molar-refractivity contribution in [2.45, 2.75) is 13.8 Å². The van der Waals surface area contributed by atoms with Crippen LogP contribution in [0.25, 0.3) is 0 Å². The van der Waals surface area contributed by atoms with E-state index < -0.39 is 0 Å². The first kappa shape index (κ1) is 13.7. The second-order valence-corrected chi connectivity index (χ2v) is 2.29. The molecule has 1 rings (SSSR count). The summed E-state index contributed by atoms with van der Waals surface area (Å²) in [5.74, 6) is 0. The van der Waals surface area contributed by atoms with Crippen molar-refractivity contribution in [1.82, 2.24) is 0 Å². The fourth-order valence-electron chi connectivity index (χ4n) is 0.637. The molecular formula is C9H14BrNO. The first-order chi connectivity index (χ1) is 5.20. The monoisotopic (exact) mass is 231 g/mol. The molecule has 2 nitrogen and oxygen atoms in total. The number of rotatable bonds is 0. The molecule has 0 aliphatic heterocycles. The lowest BCUT2D eigenvalue weighted by molar-refractivity contribution is -0.106. The third-order valence-corrected chi connectivity index (χ3v) is 1.22. The highest BCUT2D eigenvalue weighted by atomic mass is 79.9. The Balaban J connectivity index is 0. The molecule has 0 spiro atoms. The number of hydrogen-bond acceptors (Lipinski definition) is 1. The number of carbonyl (C=O) groups excluding carboxylic acids is 1. The van der Waals surface area contributed by atoms with Crippen molar-refractivity contribution < 1.29 is 4.79 Å². The van der Waals surface area contributed by atoms with Crippen LogP contribution < -0.4 is 5.73 Å². The van der Waals surface area contributed by atoms with Gasteiger partial charge < -0.3 is 5.73 Å². The van der Waals surface area contributed by atoms with Crippen LogP contribution in [0.2, 0.25) is 0 Å². The number of amides is 1. The summed E-state index contributed by atoms with van der Waals surface area (Å²) in [4.78, 5) is 8.58. The third-order valence-electron chi connectivity index (χ3n) is 1.22. The Hall–Kier alpha value is -0.830. The van der Waals surface area contributed by atoms with Crippen LogP contribution in [-0.2, 0) is 4.79 Å². The lowest BCUT2D eigenvalue weighted by Crippen LogP contribution is -1.82. The normalized spacial score (nSPS) is 7.17. The molecule has 0 radical (unpaired) electrons. The highest BCUT2D eigenvalue weighted by molar-refractivity contribution is 8.93. The molecular weight excluding hydrogens is 218 g/mol. The largest absolute Gasteiger partial charge is 0.372 e. The number of hydrogen-bond donors (Lipinski definition) is 1. The molecule has 1 amide bonds. The van der Waals surface area contributed by atoms with Crippen molar-refractivity contribution in [1.29, 1.82) is 0 Å². The first-order valence-corrected chi connectivity index (χ1v) is 3.39. The number of benzene rings is 1. The van der Waals surface area contributed by atoms with Gasteiger partial charge in [-0.05, 0) is 13.8 Å². The minimum Gasteiger partial charge on any atom is -0.372 e. The van der Waals surface area contributed by atoms with Gasteiger partial charge in [0.15, 0.2) is 0 Å². The summed E-state index contributed by atoms with van der Waals surface area (Å²) in [6.07, 6.45) is 0.250. The number of primary amides is 1. The highest BCUT2D eigenvalue weighted by Gasteiger charge is 1.79. The van der Waals surface area contributed by atoms with Crippen LogP contribution in [0, 0.1) is 13.8 Å². The Morgan fingerprint density at radius 2 is 1.25 bits per heavy atom. The molecule has 0 unspecified atom stereocenters. The average molecular weight is 232 g/mol. The van der Waals surface area contributed by atoms with Crippen LogP contribution in [0.15, 0.2) is 24.3 Å². The Morgan fingerprint density at radius 3 is 1.42 bits per heavy atom. The molecule has 0 bridgehead atoms. The van der Waals surface area contributed by atoms with Gasteiger partial charge >= 0.3 is 0 Å². The predicted octanol–water partition coefficient (Wildman–Crippen LogP) is 1.98. The molecule has 3 heteroatoms. The van der Waals surface area contributed by atoms with Gasteiger partial charge in [0.2, 0.25) is 6.41 Å². The Morgan fingerprint density at radius 1 is 1.08 bits per heavy atom. The first-order valence-electron chi connectivity index (χ1n) is 3.39. The number of halogens is 1. The number of carbonyl (C=O) groups is 1. The van der Waals surface area contributed by atoms with Crippen LogP contribution in [0.4, 0.5) is 0 Å². The van der Waals surface area contributed by atoms with Crippen LogP contribution in [0.1, 0.15) is 11.1 Å². The van der Waals surface area contributed by atoms with Gasteiger partial charge in [0.05, 0.1) is 0 Å². The minimum atomic E-state index is 0. The molecule has 1 aromatic rings. The third kappa shape index (κ3) is 7.28. The van der Waals surface area contributed by atoms with Crippen molar-refractivity contribution in [2.75, 3.05) is 0 Å². The van der Waals surface area contributed by atoms with Crippen LogP contribution in [-0.4, -0.2) is 6.41 Å². The van der Waals surface area contributed by atoms with Crippen molar-refractivity contribution >= 4 is 23.4 Å². The zero-order valence-corrected chi connectivity index (χ0v) is 8.99. The quantitative estimate of drug-likeness (QED) is 0.683. The maximum Gasteiger partial charge on any atom is 0.204 e. The van der Waals surface area contributed by atoms with E-state index in [0.717, 1.165) is 0 Å². The molecule has 0 heterocycles. The van der Waals surface area contributed by atoms with E-state index in [0.29, 0.717) is 0 Å². The zero-order valence-electron chi connectivity index (χ0n) is 7.28. The highest BCUT2D eigenvalue weighted by Crippen LogP contribution is 1.99. The predicted molar refractivity (Wildman–Crippen MR) is 56.5 cm³/mol. The van der Waals surface area contributed by atoms with E-state index in [-0.39, 0.29) is 23.4 Å². The number of aryl methyl sites for hydroxylation is 2. The summed E-state index contributed by atoms with van der Waals surface area (Å²) in [7, 11) is 0. The lowest BCUT2D eigenvalue weighted by Gasteiger charge is -1.90. The van der Waals surface area contributed by atoms with Crippen molar-refractivity contribution in [2.24, 2.45) is 5.73 Å². The maximum absolute atomic E-state index is 8.58. The van der Waals surface area contributed by atoms with E-state index in [2.05, 4.69) is 43.8 Å². The molecule has 12 heavy (non-hydrogen) atoms. The Labute approximate surface area is 83.5 Å². The topological polar surface area (TPSA) is 43.1 Å². The smallest absolute Gasteiger partial charge is 0.204 e. The molecule has 0 aliphatic carbocycles. The fourth-order valence-corrected chi connectivity index (χ4v) is 0.637. The minimum absolute atomic E-state index is 0. The molecule has 2 N–H and O–H groups in total. The molecule has 0 aliphatic rings. The van der Waals surface area contributed by atoms with Crippen molar-refractivity contribution in [3.63, 3.8) is 0 Å². The van der Waals surface area contributed by atoms with Gasteiger partial charge in [-0.3, -0.25) is 4.79 Å². The van der Waals surface area contributed by atoms with Gasteiger partial charge in [0.25, 0.3) is 0 Å². The lowest BCUT2D eigenvalue weighted by atomic mass is 10.2. The fraction of sp³-hybridized carbons (Fsp3) is 0.222. The second kappa shape index (κ2) is 8.27. The van der Waals surface area contributed by atoms with E-state index in [1.807, 2.05) is 0 Å². The van der Waals surface area contributed by atoms with Gasteiger partial charge in [-0.25, -0.2) is 0 Å². The summed E-state index contributed by atoms with van der Waals surface area (Å²) in [5.41, 5.74) is 6.83. The summed E-state index contributed by atoms with van der Waals surface area (Å²) in [6, 6.07) is 8.48. The van der Waals surface area contributed by atoms with E-state index in [1.165, 1.54) is 11.1 Å². The Bertz CT molecular complexity index is 187. The van der Waals surface area contributed by atoms with Gasteiger partial charge in [-0.15, -0.1) is 17.0 Å². The van der Waals surface area contributed by atoms with E-state index in [4.69, 9.17) is 4.79 Å². The maximum atomic E-state index is 8.58. The van der Waals surface area contributed by atoms with Crippen LogP contribution in [0.3, 0.4) is 0 Å². The molecule has 0 saturated carbocycles. The molecule has 0 saturated heterocycles. The van der Waals surface area contributed by atoms with Crippen molar-refractivity contribution in [3.05, 3.63) is 35.4 Å². The summed E-state index contributed by atoms with van der Waals surface area (Å²) < 4.78 is 0.